The SMILES string of the molecule is CCC(C)c1nc(N2CCN[C@@H](C)C2)n[nH]1. The van der Waals surface area contributed by atoms with Crippen LogP contribution >= 0.6 is 0 Å². The first kappa shape index (κ1) is 11.4. The predicted molar refractivity (Wildman–Crippen MR) is 64.8 cm³/mol. The van der Waals surface area contributed by atoms with Crippen LogP contribution in [0.3, 0.4) is 0 Å². The second-order valence-corrected chi connectivity index (χ2v) is 4.63. The van der Waals surface area contributed by atoms with Crippen molar-refractivity contribution in [2.45, 2.75) is 39.2 Å². The molecule has 1 fully saturated rings. The zero-order valence-electron chi connectivity index (χ0n) is 10.3. The normalized spacial score (nSPS) is 23.4. The van der Waals surface area contributed by atoms with Gasteiger partial charge in [-0.05, 0) is 13.3 Å². The first-order valence-corrected chi connectivity index (χ1v) is 6.11. The number of hydrogen-bond acceptors (Lipinski definition) is 4. The predicted octanol–water partition coefficient (Wildman–Crippen LogP) is 1.12. The lowest BCUT2D eigenvalue weighted by Crippen LogP contribution is -2.49. The van der Waals surface area contributed by atoms with E-state index in [0.29, 0.717) is 12.0 Å². The summed E-state index contributed by atoms with van der Waals surface area (Å²) in [6, 6.07) is 0.513. The summed E-state index contributed by atoms with van der Waals surface area (Å²) in [4.78, 5) is 6.81. The molecule has 1 aromatic heterocycles. The first-order chi connectivity index (χ1) is 7.70. The summed E-state index contributed by atoms with van der Waals surface area (Å²) in [5.41, 5.74) is 0. The third-order valence-corrected chi connectivity index (χ3v) is 3.22. The highest BCUT2D eigenvalue weighted by Gasteiger charge is 2.20. The summed E-state index contributed by atoms with van der Waals surface area (Å²) < 4.78 is 0. The Morgan fingerprint density at radius 2 is 2.38 bits per heavy atom. The van der Waals surface area contributed by atoms with Gasteiger partial charge in [-0.3, -0.25) is 5.10 Å². The summed E-state index contributed by atoms with van der Waals surface area (Å²) in [5.74, 6) is 2.31. The van der Waals surface area contributed by atoms with Crippen molar-refractivity contribution < 1.29 is 0 Å². The van der Waals surface area contributed by atoms with Gasteiger partial charge in [-0.2, -0.15) is 4.98 Å². The van der Waals surface area contributed by atoms with E-state index in [4.69, 9.17) is 0 Å². The fraction of sp³-hybridized carbons (Fsp3) is 0.818. The number of aromatic amines is 1. The van der Waals surface area contributed by atoms with E-state index >= 15 is 0 Å². The molecule has 0 saturated carbocycles. The van der Waals surface area contributed by atoms with Crippen molar-refractivity contribution in [3.63, 3.8) is 0 Å². The maximum Gasteiger partial charge on any atom is 0.244 e. The van der Waals surface area contributed by atoms with Gasteiger partial charge in [-0.1, -0.05) is 13.8 Å². The number of nitrogens with zero attached hydrogens (tertiary/aromatic N) is 3. The summed E-state index contributed by atoms with van der Waals surface area (Å²) in [5, 5.41) is 10.8. The van der Waals surface area contributed by atoms with Crippen LogP contribution in [0.4, 0.5) is 5.95 Å². The van der Waals surface area contributed by atoms with E-state index in [9.17, 15) is 0 Å². The fourth-order valence-corrected chi connectivity index (χ4v) is 1.93. The van der Waals surface area contributed by atoms with Gasteiger partial charge in [-0.25, -0.2) is 0 Å². The van der Waals surface area contributed by atoms with Gasteiger partial charge in [0, 0.05) is 31.6 Å². The fourth-order valence-electron chi connectivity index (χ4n) is 1.93. The standard InChI is InChI=1S/C11H21N5/c1-4-8(2)10-13-11(15-14-10)16-6-5-12-9(3)7-16/h8-9,12H,4-7H2,1-3H3,(H,13,14,15)/t8?,9-/m0/s1. The third-order valence-electron chi connectivity index (χ3n) is 3.22. The average Bonchev–Trinajstić information content (AvgIpc) is 2.77. The number of H-pyrrole nitrogens is 1. The lowest BCUT2D eigenvalue weighted by molar-refractivity contribution is 0.479. The van der Waals surface area contributed by atoms with E-state index in [1.165, 1.54) is 0 Å². The number of anilines is 1. The summed E-state index contributed by atoms with van der Waals surface area (Å²) >= 11 is 0. The molecule has 16 heavy (non-hydrogen) atoms. The lowest BCUT2D eigenvalue weighted by Gasteiger charge is -2.30. The van der Waals surface area contributed by atoms with Crippen LogP contribution < -0.4 is 10.2 Å². The number of hydrogen-bond donors (Lipinski definition) is 2. The van der Waals surface area contributed by atoms with Crippen molar-refractivity contribution in [3.05, 3.63) is 5.82 Å². The maximum absolute atomic E-state index is 4.57. The molecule has 0 amide bonds. The molecule has 2 heterocycles. The molecule has 2 N–H and O–H groups in total. The quantitative estimate of drug-likeness (QED) is 0.806. The molecular formula is C11H21N5. The highest BCUT2D eigenvalue weighted by atomic mass is 15.4. The largest absolute Gasteiger partial charge is 0.337 e. The zero-order valence-corrected chi connectivity index (χ0v) is 10.3. The van der Waals surface area contributed by atoms with Gasteiger partial charge in [0.2, 0.25) is 5.95 Å². The van der Waals surface area contributed by atoms with Crippen molar-refractivity contribution >= 4 is 5.95 Å². The number of rotatable bonds is 3. The summed E-state index contributed by atoms with van der Waals surface area (Å²) in [6.07, 6.45) is 1.09. The molecule has 1 aromatic rings. The molecule has 1 unspecified atom stereocenters. The molecule has 0 spiro atoms. The van der Waals surface area contributed by atoms with Crippen molar-refractivity contribution in [1.82, 2.24) is 20.5 Å². The molecular weight excluding hydrogens is 202 g/mol. The molecule has 1 aliphatic heterocycles. The summed E-state index contributed by atoms with van der Waals surface area (Å²) in [6.45, 7) is 9.51. The third kappa shape index (κ3) is 2.35. The van der Waals surface area contributed by atoms with Gasteiger partial charge in [0.05, 0.1) is 0 Å². The topological polar surface area (TPSA) is 56.8 Å². The van der Waals surface area contributed by atoms with E-state index < -0.39 is 0 Å². The number of piperazine rings is 1. The van der Waals surface area contributed by atoms with Crippen molar-refractivity contribution in [3.8, 4) is 0 Å². The Labute approximate surface area is 96.6 Å². The Morgan fingerprint density at radius 3 is 3.06 bits per heavy atom. The molecule has 2 rings (SSSR count). The molecule has 90 valence electrons. The molecule has 1 aliphatic rings. The van der Waals surface area contributed by atoms with Crippen LogP contribution in [-0.2, 0) is 0 Å². The van der Waals surface area contributed by atoms with Gasteiger partial charge in [0.1, 0.15) is 5.82 Å². The molecule has 0 aromatic carbocycles. The number of nitrogens with one attached hydrogen (secondary N) is 2. The van der Waals surface area contributed by atoms with Crippen molar-refractivity contribution in [1.29, 1.82) is 0 Å². The highest BCUT2D eigenvalue weighted by Crippen LogP contribution is 2.17. The Kier molecular flexibility index (Phi) is 3.43. The summed E-state index contributed by atoms with van der Waals surface area (Å²) in [7, 11) is 0. The minimum Gasteiger partial charge on any atom is -0.337 e. The van der Waals surface area contributed by atoms with Gasteiger partial charge in [0.25, 0.3) is 0 Å². The van der Waals surface area contributed by atoms with E-state index in [-0.39, 0.29) is 0 Å². The average molecular weight is 223 g/mol. The minimum atomic E-state index is 0.460. The van der Waals surface area contributed by atoms with Crippen LogP contribution in [0.15, 0.2) is 0 Å². The second-order valence-electron chi connectivity index (χ2n) is 4.63. The van der Waals surface area contributed by atoms with Gasteiger partial charge < -0.3 is 10.2 Å². The van der Waals surface area contributed by atoms with E-state index in [1.54, 1.807) is 0 Å². The van der Waals surface area contributed by atoms with Crippen molar-refractivity contribution in [2.75, 3.05) is 24.5 Å². The van der Waals surface area contributed by atoms with Gasteiger partial charge in [0.15, 0.2) is 0 Å². The molecule has 0 aliphatic carbocycles. The number of aromatic nitrogens is 3. The van der Waals surface area contributed by atoms with E-state index in [1.807, 2.05) is 0 Å². The Morgan fingerprint density at radius 1 is 1.56 bits per heavy atom. The van der Waals surface area contributed by atoms with Crippen LogP contribution in [0.5, 0.6) is 0 Å². The van der Waals surface area contributed by atoms with Crippen LogP contribution in [0.1, 0.15) is 38.9 Å². The smallest absolute Gasteiger partial charge is 0.244 e. The van der Waals surface area contributed by atoms with Gasteiger partial charge in [-0.15, -0.1) is 5.10 Å². The second kappa shape index (κ2) is 4.82. The minimum absolute atomic E-state index is 0.460. The molecule has 5 nitrogen and oxygen atoms in total. The first-order valence-electron chi connectivity index (χ1n) is 6.11. The van der Waals surface area contributed by atoms with Crippen LogP contribution in [0.25, 0.3) is 0 Å². The molecule has 0 radical (unpaired) electrons. The van der Waals surface area contributed by atoms with Crippen molar-refractivity contribution in [2.24, 2.45) is 0 Å². The van der Waals surface area contributed by atoms with Crippen LogP contribution in [-0.4, -0.2) is 40.9 Å². The molecule has 2 atom stereocenters. The van der Waals surface area contributed by atoms with Crippen LogP contribution in [0, 0.1) is 0 Å². The van der Waals surface area contributed by atoms with Crippen LogP contribution in [0.2, 0.25) is 0 Å². The van der Waals surface area contributed by atoms with Gasteiger partial charge >= 0.3 is 0 Å². The van der Waals surface area contributed by atoms with E-state index in [2.05, 4.69) is 46.2 Å². The Hall–Kier alpha value is -1.10. The maximum atomic E-state index is 4.57. The molecule has 0 bridgehead atoms. The zero-order chi connectivity index (χ0) is 11.5. The van der Waals surface area contributed by atoms with E-state index in [0.717, 1.165) is 37.8 Å². The highest BCUT2D eigenvalue weighted by molar-refractivity contribution is 5.30. The lowest BCUT2D eigenvalue weighted by atomic mass is 10.1. The molecule has 1 saturated heterocycles. The Balaban J connectivity index is 2.06. The monoisotopic (exact) mass is 223 g/mol. The Bertz CT molecular complexity index is 335. The molecule has 5 heteroatoms.